The highest BCUT2D eigenvalue weighted by Crippen LogP contribution is 2.27. The second kappa shape index (κ2) is 5.62. The SMILES string of the molecule is Cc1cc(Nc2ccccc2)ccc1-c1ccccc1. The molecule has 3 rings (SSSR count). The van der Waals surface area contributed by atoms with Gasteiger partial charge in [0.2, 0.25) is 0 Å². The largest absolute Gasteiger partial charge is 0.356 e. The van der Waals surface area contributed by atoms with Crippen LogP contribution in [0.2, 0.25) is 0 Å². The van der Waals surface area contributed by atoms with Gasteiger partial charge in [0.25, 0.3) is 0 Å². The molecule has 0 fully saturated rings. The Morgan fingerprint density at radius 3 is 1.95 bits per heavy atom. The van der Waals surface area contributed by atoms with Crippen LogP contribution < -0.4 is 5.32 Å². The van der Waals surface area contributed by atoms with E-state index in [4.69, 9.17) is 0 Å². The van der Waals surface area contributed by atoms with E-state index < -0.39 is 0 Å². The van der Waals surface area contributed by atoms with Gasteiger partial charge in [-0.05, 0) is 47.9 Å². The van der Waals surface area contributed by atoms with Gasteiger partial charge in [0.05, 0.1) is 0 Å². The smallest absolute Gasteiger partial charge is 0.0387 e. The molecule has 3 aromatic rings. The number of aryl methyl sites for hydroxylation is 1. The van der Waals surface area contributed by atoms with Crippen molar-refractivity contribution < 1.29 is 0 Å². The fourth-order valence-corrected chi connectivity index (χ4v) is 2.37. The van der Waals surface area contributed by atoms with Crippen molar-refractivity contribution in [1.82, 2.24) is 0 Å². The number of anilines is 2. The van der Waals surface area contributed by atoms with E-state index in [-0.39, 0.29) is 0 Å². The third kappa shape index (κ3) is 2.72. The van der Waals surface area contributed by atoms with Gasteiger partial charge in [-0.1, -0.05) is 54.6 Å². The summed E-state index contributed by atoms with van der Waals surface area (Å²) in [7, 11) is 0. The fraction of sp³-hybridized carbons (Fsp3) is 0.0526. The number of benzene rings is 3. The van der Waals surface area contributed by atoms with Gasteiger partial charge in [-0.2, -0.15) is 0 Å². The van der Waals surface area contributed by atoms with Crippen LogP contribution in [-0.2, 0) is 0 Å². The molecule has 0 aliphatic rings. The predicted octanol–water partition coefficient (Wildman–Crippen LogP) is 5.41. The zero-order valence-electron chi connectivity index (χ0n) is 11.5. The number of hydrogen-bond donors (Lipinski definition) is 1. The highest BCUT2D eigenvalue weighted by Gasteiger charge is 2.02. The molecule has 0 atom stereocenters. The molecule has 0 heterocycles. The van der Waals surface area contributed by atoms with Gasteiger partial charge in [-0.25, -0.2) is 0 Å². The minimum Gasteiger partial charge on any atom is -0.356 e. The summed E-state index contributed by atoms with van der Waals surface area (Å²) in [5.74, 6) is 0. The molecule has 0 unspecified atom stereocenters. The van der Waals surface area contributed by atoms with Crippen molar-refractivity contribution in [2.45, 2.75) is 6.92 Å². The van der Waals surface area contributed by atoms with Gasteiger partial charge >= 0.3 is 0 Å². The number of rotatable bonds is 3. The van der Waals surface area contributed by atoms with E-state index in [9.17, 15) is 0 Å². The number of nitrogens with one attached hydrogen (secondary N) is 1. The second-order valence-electron chi connectivity index (χ2n) is 4.89. The molecule has 0 amide bonds. The second-order valence-corrected chi connectivity index (χ2v) is 4.89. The summed E-state index contributed by atoms with van der Waals surface area (Å²) in [6, 6.07) is 27.2. The first-order chi connectivity index (χ1) is 9.83. The predicted molar refractivity (Wildman–Crippen MR) is 86.3 cm³/mol. The van der Waals surface area contributed by atoms with E-state index in [0.717, 1.165) is 11.4 Å². The third-order valence-corrected chi connectivity index (χ3v) is 3.37. The van der Waals surface area contributed by atoms with E-state index in [0.29, 0.717) is 0 Å². The van der Waals surface area contributed by atoms with E-state index >= 15 is 0 Å². The van der Waals surface area contributed by atoms with Crippen LogP contribution in [0.4, 0.5) is 11.4 Å². The van der Waals surface area contributed by atoms with Crippen LogP contribution in [-0.4, -0.2) is 0 Å². The van der Waals surface area contributed by atoms with Crippen molar-refractivity contribution in [3.05, 3.63) is 84.4 Å². The summed E-state index contributed by atoms with van der Waals surface area (Å²) in [5.41, 5.74) is 6.05. The summed E-state index contributed by atoms with van der Waals surface area (Å²) in [6.45, 7) is 2.15. The summed E-state index contributed by atoms with van der Waals surface area (Å²) in [6.07, 6.45) is 0. The number of para-hydroxylation sites is 1. The van der Waals surface area contributed by atoms with Crippen molar-refractivity contribution in [2.75, 3.05) is 5.32 Å². The molecule has 3 aromatic carbocycles. The molecule has 0 aliphatic heterocycles. The van der Waals surface area contributed by atoms with Crippen molar-refractivity contribution in [2.24, 2.45) is 0 Å². The van der Waals surface area contributed by atoms with Gasteiger partial charge in [0.15, 0.2) is 0 Å². The van der Waals surface area contributed by atoms with Gasteiger partial charge in [0.1, 0.15) is 0 Å². The lowest BCUT2D eigenvalue weighted by molar-refractivity contribution is 1.44. The van der Waals surface area contributed by atoms with Gasteiger partial charge in [-0.3, -0.25) is 0 Å². The molecule has 0 aromatic heterocycles. The average molecular weight is 259 g/mol. The molecule has 20 heavy (non-hydrogen) atoms. The molecule has 0 radical (unpaired) electrons. The first kappa shape index (κ1) is 12.5. The summed E-state index contributed by atoms with van der Waals surface area (Å²) in [5, 5.41) is 3.42. The summed E-state index contributed by atoms with van der Waals surface area (Å²) in [4.78, 5) is 0. The van der Waals surface area contributed by atoms with E-state index in [1.54, 1.807) is 0 Å². The average Bonchev–Trinajstić information content (AvgIpc) is 2.49. The Balaban J connectivity index is 1.88. The normalized spacial score (nSPS) is 10.2. The zero-order valence-corrected chi connectivity index (χ0v) is 11.5. The van der Waals surface area contributed by atoms with Crippen LogP contribution in [0.25, 0.3) is 11.1 Å². The Labute approximate surface area is 119 Å². The van der Waals surface area contributed by atoms with Crippen molar-refractivity contribution >= 4 is 11.4 Å². The number of hydrogen-bond acceptors (Lipinski definition) is 1. The molecule has 0 bridgehead atoms. The molecule has 1 heteroatoms. The van der Waals surface area contributed by atoms with Gasteiger partial charge in [0, 0.05) is 11.4 Å². The zero-order chi connectivity index (χ0) is 13.8. The summed E-state index contributed by atoms with van der Waals surface area (Å²) < 4.78 is 0. The van der Waals surface area contributed by atoms with Gasteiger partial charge in [-0.15, -0.1) is 0 Å². The highest BCUT2D eigenvalue weighted by molar-refractivity contribution is 5.71. The minimum atomic E-state index is 1.11. The maximum absolute atomic E-state index is 3.42. The Hall–Kier alpha value is -2.54. The molecular formula is C19H17N. The Bertz CT molecular complexity index is 687. The molecule has 1 nitrogen and oxygen atoms in total. The Kier molecular flexibility index (Phi) is 3.51. The minimum absolute atomic E-state index is 1.11. The third-order valence-electron chi connectivity index (χ3n) is 3.37. The Morgan fingerprint density at radius 2 is 1.30 bits per heavy atom. The fourth-order valence-electron chi connectivity index (χ4n) is 2.37. The van der Waals surface area contributed by atoms with E-state index in [1.165, 1.54) is 16.7 Å². The van der Waals surface area contributed by atoms with Crippen molar-refractivity contribution in [3.8, 4) is 11.1 Å². The summed E-state index contributed by atoms with van der Waals surface area (Å²) >= 11 is 0. The Morgan fingerprint density at radius 1 is 0.650 bits per heavy atom. The maximum atomic E-state index is 3.42. The molecule has 1 N–H and O–H groups in total. The van der Waals surface area contributed by atoms with Crippen LogP contribution in [0.1, 0.15) is 5.56 Å². The molecule has 0 saturated heterocycles. The van der Waals surface area contributed by atoms with E-state index in [1.807, 2.05) is 24.3 Å². The van der Waals surface area contributed by atoms with Crippen molar-refractivity contribution in [1.29, 1.82) is 0 Å². The van der Waals surface area contributed by atoms with Crippen LogP contribution in [0.15, 0.2) is 78.9 Å². The molecule has 0 saturated carbocycles. The van der Waals surface area contributed by atoms with Gasteiger partial charge < -0.3 is 5.32 Å². The highest BCUT2D eigenvalue weighted by atomic mass is 14.9. The monoisotopic (exact) mass is 259 g/mol. The molecule has 0 aliphatic carbocycles. The standard InChI is InChI=1S/C19H17N/c1-15-14-18(20-17-10-6-3-7-11-17)12-13-19(15)16-8-4-2-5-9-16/h2-14,20H,1H3. The van der Waals surface area contributed by atoms with Crippen LogP contribution in [0.5, 0.6) is 0 Å². The maximum Gasteiger partial charge on any atom is 0.0387 e. The first-order valence-corrected chi connectivity index (χ1v) is 6.81. The topological polar surface area (TPSA) is 12.0 Å². The molecular weight excluding hydrogens is 242 g/mol. The molecule has 0 spiro atoms. The van der Waals surface area contributed by atoms with Crippen LogP contribution >= 0.6 is 0 Å². The lowest BCUT2D eigenvalue weighted by atomic mass is 10.00. The first-order valence-electron chi connectivity index (χ1n) is 6.81. The molecule has 98 valence electrons. The van der Waals surface area contributed by atoms with E-state index in [2.05, 4.69) is 66.8 Å². The van der Waals surface area contributed by atoms with Crippen LogP contribution in [0, 0.1) is 6.92 Å². The van der Waals surface area contributed by atoms with Crippen LogP contribution in [0.3, 0.4) is 0 Å². The quantitative estimate of drug-likeness (QED) is 0.663. The van der Waals surface area contributed by atoms with Crippen molar-refractivity contribution in [3.63, 3.8) is 0 Å². The lowest BCUT2D eigenvalue weighted by Crippen LogP contribution is -1.91. The lowest BCUT2D eigenvalue weighted by Gasteiger charge is -2.11.